The number of thiazole rings is 1. The van der Waals surface area contributed by atoms with Gasteiger partial charge in [0.05, 0.1) is 30.0 Å². The van der Waals surface area contributed by atoms with E-state index >= 15 is 0 Å². The van der Waals surface area contributed by atoms with E-state index in [-0.39, 0.29) is 6.04 Å². The molecule has 0 spiro atoms. The van der Waals surface area contributed by atoms with Crippen LogP contribution in [0.2, 0.25) is 0 Å². The van der Waals surface area contributed by atoms with Crippen molar-refractivity contribution in [2.24, 2.45) is 0 Å². The van der Waals surface area contributed by atoms with Crippen molar-refractivity contribution in [3.63, 3.8) is 0 Å². The Morgan fingerprint density at radius 2 is 2.19 bits per heavy atom. The van der Waals surface area contributed by atoms with Gasteiger partial charge in [-0.05, 0) is 20.8 Å². The lowest BCUT2D eigenvalue weighted by Gasteiger charge is -2.35. The van der Waals surface area contributed by atoms with Crippen LogP contribution in [0.4, 0.5) is 0 Å². The zero-order valence-corrected chi connectivity index (χ0v) is 10.8. The third-order valence-electron chi connectivity index (χ3n) is 2.50. The molecule has 1 aliphatic rings. The predicted octanol–water partition coefficient (Wildman–Crippen LogP) is 1.69. The second-order valence-corrected chi connectivity index (χ2v) is 5.52. The van der Waals surface area contributed by atoms with Crippen molar-refractivity contribution in [3.05, 3.63) is 16.1 Å². The molecule has 0 atom stereocenters. The van der Waals surface area contributed by atoms with Crippen LogP contribution < -0.4 is 5.32 Å². The highest BCUT2D eigenvalue weighted by Gasteiger charge is 2.27. The highest BCUT2D eigenvalue weighted by Crippen LogP contribution is 2.17. The van der Waals surface area contributed by atoms with E-state index in [0.717, 1.165) is 17.2 Å². The molecule has 2 heterocycles. The van der Waals surface area contributed by atoms with E-state index < -0.39 is 5.79 Å². The molecular formula is C11H18N2O2S. The number of nitrogens with one attached hydrogen (secondary N) is 1. The molecule has 0 aliphatic carbocycles. The second kappa shape index (κ2) is 4.79. The van der Waals surface area contributed by atoms with Crippen LogP contribution in [-0.2, 0) is 16.0 Å². The smallest absolute Gasteiger partial charge is 0.162 e. The Labute approximate surface area is 100.0 Å². The zero-order chi connectivity index (χ0) is 11.6. The maximum atomic E-state index is 5.57. The third-order valence-corrected chi connectivity index (χ3v) is 3.32. The summed E-state index contributed by atoms with van der Waals surface area (Å²) in [7, 11) is 0. The summed E-state index contributed by atoms with van der Waals surface area (Å²) in [6.45, 7) is 8.05. The molecule has 1 fully saturated rings. The second-order valence-electron chi connectivity index (χ2n) is 4.46. The van der Waals surface area contributed by atoms with E-state index in [4.69, 9.17) is 9.47 Å². The molecule has 0 unspecified atom stereocenters. The molecule has 90 valence electrons. The maximum Gasteiger partial charge on any atom is 0.162 e. The van der Waals surface area contributed by atoms with Gasteiger partial charge in [-0.15, -0.1) is 11.3 Å². The topological polar surface area (TPSA) is 43.4 Å². The van der Waals surface area contributed by atoms with E-state index in [1.165, 1.54) is 0 Å². The van der Waals surface area contributed by atoms with E-state index in [1.807, 2.05) is 20.8 Å². The lowest BCUT2D eigenvalue weighted by molar-refractivity contribution is -0.253. The van der Waals surface area contributed by atoms with E-state index in [2.05, 4.69) is 15.7 Å². The number of nitrogens with zero attached hydrogens (tertiary/aromatic N) is 1. The lowest BCUT2D eigenvalue weighted by Crippen LogP contribution is -2.48. The summed E-state index contributed by atoms with van der Waals surface area (Å²) in [6.07, 6.45) is 0. The number of aromatic nitrogens is 1. The van der Waals surface area contributed by atoms with Gasteiger partial charge in [-0.3, -0.25) is 0 Å². The Morgan fingerprint density at radius 1 is 1.50 bits per heavy atom. The molecular weight excluding hydrogens is 224 g/mol. The summed E-state index contributed by atoms with van der Waals surface area (Å²) < 4.78 is 11.1. The van der Waals surface area contributed by atoms with Crippen LogP contribution >= 0.6 is 11.3 Å². The van der Waals surface area contributed by atoms with Gasteiger partial charge >= 0.3 is 0 Å². The van der Waals surface area contributed by atoms with Gasteiger partial charge in [-0.1, -0.05) is 0 Å². The van der Waals surface area contributed by atoms with Crippen LogP contribution in [0.3, 0.4) is 0 Å². The van der Waals surface area contributed by atoms with Crippen LogP contribution in [0.15, 0.2) is 5.38 Å². The van der Waals surface area contributed by atoms with Crippen molar-refractivity contribution in [1.82, 2.24) is 10.3 Å². The van der Waals surface area contributed by atoms with Crippen LogP contribution in [0.25, 0.3) is 0 Å². The fourth-order valence-corrected chi connectivity index (χ4v) is 2.16. The minimum absolute atomic E-state index is 0.259. The predicted molar refractivity (Wildman–Crippen MR) is 63.5 cm³/mol. The monoisotopic (exact) mass is 242 g/mol. The molecule has 1 N–H and O–H groups in total. The number of hydrogen-bond donors (Lipinski definition) is 1. The Morgan fingerprint density at radius 3 is 2.75 bits per heavy atom. The Kier molecular flexibility index (Phi) is 3.59. The minimum atomic E-state index is -0.435. The van der Waals surface area contributed by atoms with Crippen molar-refractivity contribution in [2.45, 2.75) is 39.1 Å². The normalized spacial score (nSPS) is 21.2. The number of aryl methyl sites for hydroxylation is 1. The molecule has 1 aromatic heterocycles. The molecule has 4 nitrogen and oxygen atoms in total. The highest BCUT2D eigenvalue weighted by atomic mass is 32.1. The summed E-state index contributed by atoms with van der Waals surface area (Å²) in [4.78, 5) is 4.40. The van der Waals surface area contributed by atoms with Gasteiger partial charge in [0.1, 0.15) is 0 Å². The molecule has 0 bridgehead atoms. The lowest BCUT2D eigenvalue weighted by atomic mass is 10.2. The molecule has 0 aromatic carbocycles. The quantitative estimate of drug-likeness (QED) is 0.876. The van der Waals surface area contributed by atoms with Crippen LogP contribution in [-0.4, -0.2) is 30.0 Å². The average molecular weight is 242 g/mol. The first-order valence-corrected chi connectivity index (χ1v) is 6.35. The van der Waals surface area contributed by atoms with Crippen molar-refractivity contribution in [3.8, 4) is 0 Å². The van der Waals surface area contributed by atoms with Gasteiger partial charge in [-0.25, -0.2) is 4.98 Å². The van der Waals surface area contributed by atoms with E-state index in [1.54, 1.807) is 11.3 Å². The Hall–Kier alpha value is -0.490. The average Bonchev–Trinajstić information content (AvgIpc) is 2.63. The van der Waals surface area contributed by atoms with E-state index in [0.29, 0.717) is 13.2 Å². The first-order valence-electron chi connectivity index (χ1n) is 5.47. The molecule has 0 saturated carbocycles. The molecule has 1 aromatic rings. The molecule has 0 radical (unpaired) electrons. The Bertz CT molecular complexity index is 342. The SMILES string of the molecule is Cc1nc(CNC2COC(C)(C)OC2)cs1. The first-order chi connectivity index (χ1) is 7.55. The maximum absolute atomic E-state index is 5.57. The van der Waals surface area contributed by atoms with Crippen LogP contribution in [0.1, 0.15) is 24.5 Å². The summed E-state index contributed by atoms with van der Waals surface area (Å²) in [5.74, 6) is -0.435. The molecule has 1 aliphatic heterocycles. The van der Waals surface area contributed by atoms with Gasteiger partial charge in [0.2, 0.25) is 0 Å². The fraction of sp³-hybridized carbons (Fsp3) is 0.727. The van der Waals surface area contributed by atoms with Gasteiger partial charge in [0.25, 0.3) is 0 Å². The molecule has 2 rings (SSSR count). The van der Waals surface area contributed by atoms with Crippen molar-refractivity contribution in [1.29, 1.82) is 0 Å². The van der Waals surface area contributed by atoms with Crippen LogP contribution in [0, 0.1) is 6.92 Å². The number of rotatable bonds is 3. The number of ether oxygens (including phenoxy) is 2. The van der Waals surface area contributed by atoms with Crippen molar-refractivity contribution >= 4 is 11.3 Å². The van der Waals surface area contributed by atoms with Gasteiger partial charge < -0.3 is 14.8 Å². The largest absolute Gasteiger partial charge is 0.349 e. The molecule has 16 heavy (non-hydrogen) atoms. The zero-order valence-electron chi connectivity index (χ0n) is 9.95. The molecule has 0 amide bonds. The summed E-state index contributed by atoms with van der Waals surface area (Å²) in [6, 6.07) is 0.259. The summed E-state index contributed by atoms with van der Waals surface area (Å²) in [5.41, 5.74) is 1.09. The van der Waals surface area contributed by atoms with Crippen molar-refractivity contribution in [2.75, 3.05) is 13.2 Å². The van der Waals surface area contributed by atoms with Gasteiger partial charge in [0, 0.05) is 11.9 Å². The standard InChI is InChI=1S/C11H18N2O2S/c1-8-13-9(7-16-8)4-12-10-5-14-11(2,3)15-6-10/h7,10,12H,4-6H2,1-3H3. The highest BCUT2D eigenvalue weighted by molar-refractivity contribution is 7.09. The Balaban J connectivity index is 1.75. The molecule has 1 saturated heterocycles. The summed E-state index contributed by atoms with van der Waals surface area (Å²) >= 11 is 1.68. The summed E-state index contributed by atoms with van der Waals surface area (Å²) in [5, 5.41) is 6.57. The van der Waals surface area contributed by atoms with Gasteiger partial charge in [-0.2, -0.15) is 0 Å². The third kappa shape index (κ3) is 3.25. The minimum Gasteiger partial charge on any atom is -0.349 e. The van der Waals surface area contributed by atoms with Crippen LogP contribution in [0.5, 0.6) is 0 Å². The van der Waals surface area contributed by atoms with Crippen molar-refractivity contribution < 1.29 is 9.47 Å². The fourth-order valence-electron chi connectivity index (χ4n) is 1.55. The van der Waals surface area contributed by atoms with E-state index in [9.17, 15) is 0 Å². The first kappa shape index (κ1) is 12.0. The molecule has 5 heteroatoms. The van der Waals surface area contributed by atoms with Gasteiger partial charge in [0.15, 0.2) is 5.79 Å². The number of hydrogen-bond acceptors (Lipinski definition) is 5.